The van der Waals surface area contributed by atoms with E-state index in [4.69, 9.17) is 14.6 Å². The Hall–Kier alpha value is -0.890. The summed E-state index contributed by atoms with van der Waals surface area (Å²) in [6.45, 7) is 1.25. The molecule has 8 atom stereocenters. The average Bonchev–Trinajstić information content (AvgIpc) is 2.84. The number of rotatable bonds is 18. The van der Waals surface area contributed by atoms with Crippen molar-refractivity contribution in [1.29, 1.82) is 0 Å². The van der Waals surface area contributed by atoms with Crippen molar-refractivity contribution in [3.05, 3.63) is 0 Å². The van der Waals surface area contributed by atoms with Crippen LogP contribution in [0.2, 0.25) is 0 Å². The largest absolute Gasteiger partial charge is 0.394 e. The molecule has 0 aromatic rings. The summed E-state index contributed by atoms with van der Waals surface area (Å²) in [6, 6.07) is 0. The standard InChI is InChI=1S/C23H45NO10/c1-2-3-4-5-6-7-8-9-10-11-12-24-22(32)20(30)17(27)15(26)14-33-23-21(31)19(29)18(28)16(13-25)34-23/h15-21,23,25-31H,2-14H2,1H3,(H,24,32)/t15-,16-,17-,18-,19+,20+,21-,23+/m1/s1. The van der Waals surface area contributed by atoms with E-state index in [1.165, 1.54) is 38.5 Å². The lowest BCUT2D eigenvalue weighted by atomic mass is 9.99. The first-order chi connectivity index (χ1) is 16.2. The van der Waals surface area contributed by atoms with Crippen LogP contribution in [0.25, 0.3) is 0 Å². The van der Waals surface area contributed by atoms with Crippen molar-refractivity contribution in [3.8, 4) is 0 Å². The number of ether oxygens (including phenoxy) is 2. The van der Waals surface area contributed by atoms with Crippen LogP contribution in [0.4, 0.5) is 0 Å². The number of carbonyl (C=O) groups excluding carboxylic acids is 1. The monoisotopic (exact) mass is 495 g/mol. The summed E-state index contributed by atoms with van der Waals surface area (Å²) < 4.78 is 10.2. The fourth-order valence-corrected chi connectivity index (χ4v) is 3.79. The first-order valence-electron chi connectivity index (χ1n) is 12.5. The number of carbonyl (C=O) groups is 1. The van der Waals surface area contributed by atoms with Gasteiger partial charge in [0.15, 0.2) is 12.4 Å². The molecular weight excluding hydrogens is 450 g/mol. The van der Waals surface area contributed by atoms with Crippen LogP contribution in [0.15, 0.2) is 0 Å². The SMILES string of the molecule is CCCCCCCCCCCCNC(=O)[C@@H](O)[C@H](O)[C@H](O)CO[C@H]1O[C@H](CO)[C@@H](O)[C@H](O)[C@H]1O. The number of aliphatic hydroxyl groups excluding tert-OH is 7. The van der Waals surface area contributed by atoms with E-state index in [1.54, 1.807) is 0 Å². The fraction of sp³-hybridized carbons (Fsp3) is 0.957. The second-order valence-electron chi connectivity index (χ2n) is 9.01. The van der Waals surface area contributed by atoms with Gasteiger partial charge < -0.3 is 50.5 Å². The molecular formula is C23H45NO10. The molecule has 11 heteroatoms. The number of hydrogen-bond acceptors (Lipinski definition) is 10. The van der Waals surface area contributed by atoms with Crippen LogP contribution in [0.1, 0.15) is 71.1 Å². The van der Waals surface area contributed by atoms with Crippen LogP contribution in [0.5, 0.6) is 0 Å². The highest BCUT2D eigenvalue weighted by molar-refractivity contribution is 5.81. The average molecular weight is 496 g/mol. The summed E-state index contributed by atoms with van der Waals surface area (Å²) in [5.41, 5.74) is 0. The van der Waals surface area contributed by atoms with Gasteiger partial charge in [-0.15, -0.1) is 0 Å². The molecule has 34 heavy (non-hydrogen) atoms. The lowest BCUT2D eigenvalue weighted by molar-refractivity contribution is -0.306. The van der Waals surface area contributed by atoms with Gasteiger partial charge in [0.1, 0.15) is 36.6 Å². The number of hydrogen-bond donors (Lipinski definition) is 8. The topological polar surface area (TPSA) is 189 Å². The minimum atomic E-state index is -1.89. The molecule has 1 amide bonds. The van der Waals surface area contributed by atoms with Gasteiger partial charge in [0.2, 0.25) is 0 Å². The molecule has 1 heterocycles. The van der Waals surface area contributed by atoms with Gasteiger partial charge in [-0.1, -0.05) is 64.7 Å². The molecule has 1 aliphatic heterocycles. The highest BCUT2D eigenvalue weighted by Crippen LogP contribution is 2.22. The van der Waals surface area contributed by atoms with E-state index in [0.717, 1.165) is 25.7 Å². The number of unbranched alkanes of at least 4 members (excludes halogenated alkanes) is 9. The lowest BCUT2D eigenvalue weighted by Crippen LogP contribution is -2.59. The third-order valence-corrected chi connectivity index (χ3v) is 6.10. The van der Waals surface area contributed by atoms with Crippen molar-refractivity contribution in [2.45, 2.75) is 120 Å². The van der Waals surface area contributed by atoms with E-state index in [0.29, 0.717) is 6.54 Å². The minimum absolute atomic E-state index is 0.344. The molecule has 1 aliphatic rings. The molecule has 0 aromatic carbocycles. The predicted molar refractivity (Wildman–Crippen MR) is 123 cm³/mol. The maximum atomic E-state index is 12.0. The Morgan fingerprint density at radius 2 is 1.44 bits per heavy atom. The maximum Gasteiger partial charge on any atom is 0.251 e. The van der Waals surface area contributed by atoms with Gasteiger partial charge in [0, 0.05) is 6.54 Å². The zero-order chi connectivity index (χ0) is 25.5. The van der Waals surface area contributed by atoms with Crippen LogP contribution >= 0.6 is 0 Å². The van der Waals surface area contributed by atoms with Crippen LogP contribution in [-0.2, 0) is 14.3 Å². The van der Waals surface area contributed by atoms with Gasteiger partial charge in [0.05, 0.1) is 13.2 Å². The molecule has 0 aromatic heterocycles. The Labute approximate surface area is 201 Å². The molecule has 0 radical (unpaired) electrons. The van der Waals surface area contributed by atoms with E-state index in [1.807, 2.05) is 0 Å². The quantitative estimate of drug-likeness (QED) is 0.109. The Morgan fingerprint density at radius 3 is 2.00 bits per heavy atom. The predicted octanol–water partition coefficient (Wildman–Crippen LogP) is -1.08. The Bertz CT molecular complexity index is 538. The summed E-state index contributed by atoms with van der Waals surface area (Å²) in [6.07, 6.45) is -1.53. The van der Waals surface area contributed by atoms with Crippen molar-refractivity contribution < 1.29 is 50.0 Å². The summed E-state index contributed by atoms with van der Waals surface area (Å²) in [7, 11) is 0. The summed E-state index contributed by atoms with van der Waals surface area (Å²) in [4.78, 5) is 12.0. The zero-order valence-corrected chi connectivity index (χ0v) is 20.2. The third kappa shape index (κ3) is 10.8. The first kappa shape index (κ1) is 31.1. The Morgan fingerprint density at radius 1 is 0.882 bits per heavy atom. The second kappa shape index (κ2) is 17.5. The van der Waals surface area contributed by atoms with E-state index in [9.17, 15) is 35.4 Å². The van der Waals surface area contributed by atoms with Gasteiger partial charge in [-0.3, -0.25) is 4.79 Å². The molecule has 1 saturated heterocycles. The lowest BCUT2D eigenvalue weighted by Gasteiger charge is -2.40. The minimum Gasteiger partial charge on any atom is -0.394 e. The smallest absolute Gasteiger partial charge is 0.251 e. The molecule has 1 fully saturated rings. The van der Waals surface area contributed by atoms with Gasteiger partial charge in [-0.05, 0) is 6.42 Å². The number of aliphatic hydroxyl groups is 7. The van der Waals surface area contributed by atoms with Crippen LogP contribution in [0.3, 0.4) is 0 Å². The van der Waals surface area contributed by atoms with Gasteiger partial charge in [-0.2, -0.15) is 0 Å². The van der Waals surface area contributed by atoms with E-state index in [-0.39, 0.29) is 0 Å². The molecule has 202 valence electrons. The van der Waals surface area contributed by atoms with E-state index >= 15 is 0 Å². The number of nitrogens with one attached hydrogen (secondary N) is 1. The Balaban J connectivity index is 2.22. The molecule has 0 spiro atoms. The van der Waals surface area contributed by atoms with Crippen LogP contribution in [0, 0.1) is 0 Å². The highest BCUT2D eigenvalue weighted by Gasteiger charge is 2.44. The van der Waals surface area contributed by atoms with Crippen molar-refractivity contribution >= 4 is 5.91 Å². The fourth-order valence-electron chi connectivity index (χ4n) is 3.79. The molecule has 1 rings (SSSR count). The molecule has 8 N–H and O–H groups in total. The third-order valence-electron chi connectivity index (χ3n) is 6.10. The zero-order valence-electron chi connectivity index (χ0n) is 20.2. The normalized spacial score (nSPS) is 27.8. The van der Waals surface area contributed by atoms with Crippen molar-refractivity contribution in [3.63, 3.8) is 0 Å². The Kier molecular flexibility index (Phi) is 16.1. The summed E-state index contributed by atoms with van der Waals surface area (Å²) in [5.74, 6) is -0.824. The molecule has 0 aliphatic carbocycles. The molecule has 0 bridgehead atoms. The molecule has 11 nitrogen and oxygen atoms in total. The van der Waals surface area contributed by atoms with Crippen molar-refractivity contribution in [2.24, 2.45) is 0 Å². The van der Waals surface area contributed by atoms with E-state index < -0.39 is 68.1 Å². The maximum absolute atomic E-state index is 12.0. The number of amides is 1. The highest BCUT2D eigenvalue weighted by atomic mass is 16.7. The van der Waals surface area contributed by atoms with Crippen molar-refractivity contribution in [2.75, 3.05) is 19.8 Å². The van der Waals surface area contributed by atoms with Gasteiger partial charge in [-0.25, -0.2) is 0 Å². The van der Waals surface area contributed by atoms with Crippen LogP contribution in [-0.4, -0.2) is 110 Å². The molecule has 0 saturated carbocycles. The van der Waals surface area contributed by atoms with Crippen molar-refractivity contribution in [1.82, 2.24) is 5.32 Å². The second-order valence-corrected chi connectivity index (χ2v) is 9.01. The van der Waals surface area contributed by atoms with Gasteiger partial charge >= 0.3 is 0 Å². The van der Waals surface area contributed by atoms with Gasteiger partial charge in [0.25, 0.3) is 5.91 Å². The van der Waals surface area contributed by atoms with E-state index in [2.05, 4.69) is 12.2 Å². The molecule has 0 unspecified atom stereocenters. The van der Waals surface area contributed by atoms with Crippen LogP contribution < -0.4 is 5.32 Å². The summed E-state index contributed by atoms with van der Waals surface area (Å²) in [5, 5.41) is 71.1. The summed E-state index contributed by atoms with van der Waals surface area (Å²) >= 11 is 0. The first-order valence-corrected chi connectivity index (χ1v) is 12.5.